The van der Waals surface area contributed by atoms with Crippen molar-refractivity contribution in [3.05, 3.63) is 54.1 Å². The molecule has 6 nitrogen and oxygen atoms in total. The summed E-state index contributed by atoms with van der Waals surface area (Å²) < 4.78 is 5.53. The van der Waals surface area contributed by atoms with Crippen LogP contribution in [0.15, 0.2) is 48.5 Å². The predicted octanol–water partition coefficient (Wildman–Crippen LogP) is 3.66. The van der Waals surface area contributed by atoms with Gasteiger partial charge in [0, 0.05) is 23.0 Å². The van der Waals surface area contributed by atoms with Crippen LogP contribution < -0.4 is 20.7 Å². The molecule has 0 fully saturated rings. The summed E-state index contributed by atoms with van der Waals surface area (Å²) in [6.45, 7) is 6.66. The Bertz CT molecular complexity index is 758. The normalized spacial score (nSPS) is 10.4. The first kappa shape index (κ1) is 20.3. The third-order valence-electron chi connectivity index (χ3n) is 3.61. The van der Waals surface area contributed by atoms with Crippen molar-refractivity contribution in [2.24, 2.45) is 0 Å². The summed E-state index contributed by atoms with van der Waals surface area (Å²) in [6.07, 6.45) is 0.959. The van der Waals surface area contributed by atoms with Crippen LogP contribution in [0, 0.1) is 0 Å². The lowest BCUT2D eigenvalue weighted by Crippen LogP contribution is -2.30. The van der Waals surface area contributed by atoms with Gasteiger partial charge in [0.05, 0.1) is 13.2 Å². The van der Waals surface area contributed by atoms with E-state index in [1.54, 1.807) is 24.3 Å². The van der Waals surface area contributed by atoms with Crippen LogP contribution in [-0.4, -0.2) is 31.0 Å². The first-order valence-electron chi connectivity index (χ1n) is 9.15. The molecule has 0 spiro atoms. The summed E-state index contributed by atoms with van der Waals surface area (Å²) in [5.41, 5.74) is 1.93. The molecule has 0 radical (unpaired) electrons. The fourth-order valence-corrected chi connectivity index (χ4v) is 2.36. The molecule has 0 atom stereocenters. The highest BCUT2D eigenvalue weighted by Crippen LogP contribution is 2.16. The second-order valence-electron chi connectivity index (χ2n) is 6.48. The van der Waals surface area contributed by atoms with E-state index >= 15 is 0 Å². The van der Waals surface area contributed by atoms with Crippen molar-refractivity contribution in [3.8, 4) is 5.75 Å². The highest BCUT2D eigenvalue weighted by Gasteiger charge is 2.09. The molecule has 0 aromatic heterocycles. The summed E-state index contributed by atoms with van der Waals surface area (Å²) >= 11 is 0. The number of hydrogen-bond acceptors (Lipinski definition) is 4. The molecule has 2 aromatic rings. The maximum atomic E-state index is 12.2. The van der Waals surface area contributed by atoms with Crippen molar-refractivity contribution < 1.29 is 14.3 Å². The van der Waals surface area contributed by atoms with Gasteiger partial charge in [0.15, 0.2) is 0 Å². The number of ether oxygens (including phenoxy) is 1. The van der Waals surface area contributed by atoms with Crippen molar-refractivity contribution in [2.75, 3.05) is 23.8 Å². The predicted molar refractivity (Wildman–Crippen MR) is 108 cm³/mol. The molecule has 0 saturated heterocycles. The molecule has 0 aliphatic rings. The van der Waals surface area contributed by atoms with Crippen LogP contribution in [-0.2, 0) is 4.79 Å². The van der Waals surface area contributed by atoms with Gasteiger partial charge in [-0.3, -0.25) is 9.59 Å². The minimum absolute atomic E-state index is 0.0544. The number of anilines is 2. The topological polar surface area (TPSA) is 79.5 Å². The quantitative estimate of drug-likeness (QED) is 0.630. The van der Waals surface area contributed by atoms with Gasteiger partial charge in [-0.05, 0) is 62.7 Å². The summed E-state index contributed by atoms with van der Waals surface area (Å²) in [5, 5.41) is 8.69. The molecule has 0 unspecified atom stereocenters. The average Bonchev–Trinajstić information content (AvgIpc) is 2.65. The molecular formula is C21H27N3O3. The number of carbonyl (C=O) groups is 2. The molecule has 2 amide bonds. The third kappa shape index (κ3) is 7.01. The van der Waals surface area contributed by atoms with Gasteiger partial charge < -0.3 is 20.7 Å². The summed E-state index contributed by atoms with van der Waals surface area (Å²) in [5.74, 6) is 0.454. The highest BCUT2D eigenvalue weighted by molar-refractivity contribution is 5.98. The van der Waals surface area contributed by atoms with E-state index in [4.69, 9.17) is 4.74 Å². The Hall–Kier alpha value is -3.02. The zero-order valence-corrected chi connectivity index (χ0v) is 16.0. The molecule has 0 bridgehead atoms. The molecule has 6 heteroatoms. The Morgan fingerprint density at radius 2 is 1.78 bits per heavy atom. The number of benzene rings is 2. The maximum absolute atomic E-state index is 12.2. The second-order valence-corrected chi connectivity index (χ2v) is 6.48. The molecule has 3 N–H and O–H groups in total. The Balaban J connectivity index is 1.86. The number of carbonyl (C=O) groups excluding carboxylic acids is 2. The van der Waals surface area contributed by atoms with Gasteiger partial charge in [-0.2, -0.15) is 0 Å². The zero-order valence-electron chi connectivity index (χ0n) is 16.0. The Labute approximate surface area is 160 Å². The fourth-order valence-electron chi connectivity index (χ4n) is 2.36. The molecule has 2 aromatic carbocycles. The lowest BCUT2D eigenvalue weighted by molar-refractivity contribution is -0.114. The average molecular weight is 369 g/mol. The first-order valence-corrected chi connectivity index (χ1v) is 9.15. The number of rotatable bonds is 9. The molecule has 2 rings (SSSR count). The zero-order chi connectivity index (χ0) is 19.6. The van der Waals surface area contributed by atoms with Crippen LogP contribution in [0.2, 0.25) is 0 Å². The molecular weight excluding hydrogens is 342 g/mol. The molecule has 0 heterocycles. The minimum atomic E-state index is -0.192. The van der Waals surface area contributed by atoms with Gasteiger partial charge in [0.2, 0.25) is 5.91 Å². The van der Waals surface area contributed by atoms with Crippen molar-refractivity contribution >= 4 is 23.2 Å². The van der Waals surface area contributed by atoms with Gasteiger partial charge in [-0.25, -0.2) is 0 Å². The van der Waals surface area contributed by atoms with Crippen molar-refractivity contribution in [2.45, 2.75) is 33.2 Å². The standard InChI is InChI=1S/C21H27N3O3/c1-4-12-27-19-10-8-17(9-11-19)22-14-20(25)24-18-7-5-6-16(13-18)21(26)23-15(2)3/h5-11,13,15,22H,4,12,14H2,1-3H3,(H,23,26)(H,24,25). The third-order valence-corrected chi connectivity index (χ3v) is 3.61. The second kappa shape index (κ2) is 10.2. The lowest BCUT2D eigenvalue weighted by Gasteiger charge is -2.11. The number of amides is 2. The number of hydrogen-bond donors (Lipinski definition) is 3. The van der Waals surface area contributed by atoms with Crippen molar-refractivity contribution in [1.82, 2.24) is 5.32 Å². The molecule has 144 valence electrons. The molecule has 0 aliphatic heterocycles. The van der Waals surface area contributed by atoms with E-state index in [0.717, 1.165) is 17.9 Å². The lowest BCUT2D eigenvalue weighted by atomic mass is 10.1. The smallest absolute Gasteiger partial charge is 0.251 e. The van der Waals surface area contributed by atoms with E-state index in [1.165, 1.54) is 0 Å². The van der Waals surface area contributed by atoms with Crippen LogP contribution in [0.4, 0.5) is 11.4 Å². The summed E-state index contributed by atoms with van der Waals surface area (Å²) in [4.78, 5) is 24.2. The van der Waals surface area contributed by atoms with Crippen LogP contribution in [0.5, 0.6) is 5.75 Å². The first-order chi connectivity index (χ1) is 13.0. The monoisotopic (exact) mass is 369 g/mol. The van der Waals surface area contributed by atoms with Gasteiger partial charge in [0.25, 0.3) is 5.91 Å². The van der Waals surface area contributed by atoms with E-state index in [-0.39, 0.29) is 24.4 Å². The van der Waals surface area contributed by atoms with E-state index in [9.17, 15) is 9.59 Å². The van der Waals surface area contributed by atoms with Crippen LogP contribution >= 0.6 is 0 Å². The van der Waals surface area contributed by atoms with Gasteiger partial charge in [-0.1, -0.05) is 13.0 Å². The summed E-state index contributed by atoms with van der Waals surface area (Å²) in [6, 6.07) is 14.4. The number of nitrogens with one attached hydrogen (secondary N) is 3. The van der Waals surface area contributed by atoms with E-state index < -0.39 is 0 Å². The van der Waals surface area contributed by atoms with Crippen LogP contribution in [0.3, 0.4) is 0 Å². The van der Waals surface area contributed by atoms with Crippen LogP contribution in [0.25, 0.3) is 0 Å². The highest BCUT2D eigenvalue weighted by atomic mass is 16.5. The maximum Gasteiger partial charge on any atom is 0.251 e. The molecule has 0 saturated carbocycles. The minimum Gasteiger partial charge on any atom is -0.494 e. The van der Waals surface area contributed by atoms with Gasteiger partial charge in [0.1, 0.15) is 5.75 Å². The largest absolute Gasteiger partial charge is 0.494 e. The molecule has 27 heavy (non-hydrogen) atoms. The Kier molecular flexibility index (Phi) is 7.67. The fraction of sp³-hybridized carbons (Fsp3) is 0.333. The van der Waals surface area contributed by atoms with Crippen molar-refractivity contribution in [1.29, 1.82) is 0 Å². The van der Waals surface area contributed by atoms with E-state index in [1.807, 2.05) is 38.1 Å². The van der Waals surface area contributed by atoms with Gasteiger partial charge >= 0.3 is 0 Å². The SMILES string of the molecule is CCCOc1ccc(NCC(=O)Nc2cccc(C(=O)NC(C)C)c2)cc1. The van der Waals surface area contributed by atoms with E-state index in [2.05, 4.69) is 22.9 Å². The Morgan fingerprint density at radius 3 is 2.44 bits per heavy atom. The Morgan fingerprint density at radius 1 is 1.04 bits per heavy atom. The van der Waals surface area contributed by atoms with E-state index in [0.29, 0.717) is 17.9 Å². The summed E-state index contributed by atoms with van der Waals surface area (Å²) in [7, 11) is 0. The van der Waals surface area contributed by atoms with Crippen molar-refractivity contribution in [3.63, 3.8) is 0 Å². The molecule has 0 aliphatic carbocycles. The van der Waals surface area contributed by atoms with Gasteiger partial charge in [-0.15, -0.1) is 0 Å². The van der Waals surface area contributed by atoms with Crippen LogP contribution in [0.1, 0.15) is 37.6 Å².